The summed E-state index contributed by atoms with van der Waals surface area (Å²) in [6.45, 7) is 1.43. The molecule has 0 bridgehead atoms. The Kier molecular flexibility index (Phi) is 3.35. The van der Waals surface area contributed by atoms with Crippen LogP contribution in [0.5, 0.6) is 0 Å². The van der Waals surface area contributed by atoms with Gasteiger partial charge in [-0.25, -0.2) is 0 Å². The number of amides is 4. The average molecular weight is 337 g/mol. The largest absolute Gasteiger partial charge is 0.369 e. The van der Waals surface area contributed by atoms with Crippen molar-refractivity contribution in [3.63, 3.8) is 0 Å². The van der Waals surface area contributed by atoms with E-state index in [1.54, 1.807) is 18.2 Å². The first-order valence-corrected chi connectivity index (χ1v) is 8.06. The molecule has 1 unspecified atom stereocenters. The van der Waals surface area contributed by atoms with Gasteiger partial charge in [-0.3, -0.25) is 29.4 Å². The van der Waals surface area contributed by atoms with Crippen molar-refractivity contribution in [3.05, 3.63) is 29.3 Å². The first kappa shape index (κ1) is 15.4. The smallest absolute Gasteiger partial charge is 0.262 e. The zero-order valence-corrected chi connectivity index (χ0v) is 13.3. The molecule has 25 heavy (non-hydrogen) atoms. The van der Waals surface area contributed by atoms with Crippen LogP contribution in [0.3, 0.4) is 0 Å². The summed E-state index contributed by atoms with van der Waals surface area (Å²) >= 11 is 0. The van der Waals surface area contributed by atoms with Gasteiger partial charge in [-0.05, 0) is 24.6 Å². The molecule has 4 amide bonds. The van der Waals surface area contributed by atoms with Crippen LogP contribution in [0.4, 0.5) is 5.69 Å². The maximum Gasteiger partial charge on any atom is 0.262 e. The van der Waals surface area contributed by atoms with Crippen LogP contribution >= 0.6 is 0 Å². The van der Waals surface area contributed by atoms with Crippen molar-refractivity contribution in [3.8, 4) is 12.3 Å². The third-order valence-electron chi connectivity index (χ3n) is 4.91. The van der Waals surface area contributed by atoms with Gasteiger partial charge in [0.05, 0.1) is 17.0 Å². The number of carbonyl (C=O) groups is 4. The highest BCUT2D eigenvalue weighted by Crippen LogP contribution is 2.32. The highest BCUT2D eigenvalue weighted by atomic mass is 16.2. The number of fused-ring (bicyclic) bond motifs is 1. The van der Waals surface area contributed by atoms with Crippen LogP contribution in [0, 0.1) is 18.3 Å². The van der Waals surface area contributed by atoms with E-state index in [0.717, 1.165) is 10.6 Å². The highest BCUT2D eigenvalue weighted by Gasteiger charge is 2.44. The molecule has 2 fully saturated rings. The highest BCUT2D eigenvalue weighted by molar-refractivity contribution is 6.23. The number of hydrogen-bond donors (Lipinski definition) is 1. The van der Waals surface area contributed by atoms with E-state index >= 15 is 0 Å². The number of terminal acetylenes is 1. The summed E-state index contributed by atoms with van der Waals surface area (Å²) in [4.78, 5) is 51.6. The fourth-order valence-electron chi connectivity index (χ4n) is 3.45. The second-order valence-electron chi connectivity index (χ2n) is 6.45. The number of anilines is 1. The number of rotatable bonds is 2. The molecule has 4 rings (SSSR count). The van der Waals surface area contributed by atoms with Crippen molar-refractivity contribution < 1.29 is 19.2 Å². The monoisotopic (exact) mass is 337 g/mol. The molecule has 0 spiro atoms. The Labute approximate surface area is 144 Å². The molecule has 0 saturated carbocycles. The number of nitrogens with one attached hydrogen (secondary N) is 1. The van der Waals surface area contributed by atoms with E-state index in [2.05, 4.69) is 11.2 Å². The summed E-state index contributed by atoms with van der Waals surface area (Å²) in [6.07, 6.45) is 5.64. The van der Waals surface area contributed by atoms with E-state index in [9.17, 15) is 19.2 Å². The first-order chi connectivity index (χ1) is 12.0. The van der Waals surface area contributed by atoms with Crippen LogP contribution in [0.2, 0.25) is 0 Å². The molecule has 3 heterocycles. The Balaban J connectivity index is 1.61. The van der Waals surface area contributed by atoms with Crippen molar-refractivity contribution in [2.45, 2.75) is 18.9 Å². The lowest BCUT2D eigenvalue weighted by molar-refractivity contribution is -0.136. The zero-order chi connectivity index (χ0) is 17.7. The zero-order valence-electron chi connectivity index (χ0n) is 13.3. The predicted molar refractivity (Wildman–Crippen MR) is 87.6 cm³/mol. The average Bonchev–Trinajstić information content (AvgIpc) is 2.78. The standard InChI is InChI=1S/C18H15N3O4/c1-2-10-8-20(9-10)11-3-4-12-13(7-11)18(25)21(17(12)24)14-5-6-15(22)19-16(14)23/h1,3-4,7,10,14H,5-6,8-9H2,(H,19,22,23). The van der Waals surface area contributed by atoms with Crippen LogP contribution in [0.25, 0.3) is 0 Å². The van der Waals surface area contributed by atoms with Crippen LogP contribution in [-0.2, 0) is 9.59 Å². The topological polar surface area (TPSA) is 86.8 Å². The molecule has 126 valence electrons. The number of nitrogens with zero attached hydrogens (tertiary/aromatic N) is 2. The molecule has 0 aliphatic carbocycles. The predicted octanol–water partition coefficient (Wildman–Crippen LogP) is 0.157. The summed E-state index contributed by atoms with van der Waals surface area (Å²) in [5.74, 6) is 0.901. The summed E-state index contributed by atoms with van der Waals surface area (Å²) in [5, 5.41) is 2.18. The Morgan fingerprint density at radius 2 is 1.80 bits per heavy atom. The van der Waals surface area contributed by atoms with Crippen molar-refractivity contribution in [2.24, 2.45) is 5.92 Å². The Morgan fingerprint density at radius 3 is 2.48 bits per heavy atom. The minimum Gasteiger partial charge on any atom is -0.369 e. The molecule has 1 atom stereocenters. The summed E-state index contributed by atoms with van der Waals surface area (Å²) in [5.41, 5.74) is 1.40. The maximum absolute atomic E-state index is 12.7. The molecule has 1 aromatic carbocycles. The van der Waals surface area contributed by atoms with E-state index < -0.39 is 23.8 Å². The molecule has 3 aliphatic rings. The Bertz CT molecular complexity index is 864. The fourth-order valence-corrected chi connectivity index (χ4v) is 3.45. The van der Waals surface area contributed by atoms with Gasteiger partial charge in [0, 0.05) is 25.2 Å². The molecule has 0 radical (unpaired) electrons. The number of hydrogen-bond acceptors (Lipinski definition) is 5. The molecule has 7 heteroatoms. The van der Waals surface area contributed by atoms with Crippen molar-refractivity contribution in [2.75, 3.05) is 18.0 Å². The number of benzene rings is 1. The first-order valence-electron chi connectivity index (χ1n) is 8.06. The number of carbonyl (C=O) groups excluding carboxylic acids is 4. The van der Waals surface area contributed by atoms with Gasteiger partial charge < -0.3 is 4.90 Å². The van der Waals surface area contributed by atoms with Crippen molar-refractivity contribution in [1.29, 1.82) is 0 Å². The van der Waals surface area contributed by atoms with Crippen LogP contribution < -0.4 is 10.2 Å². The second-order valence-corrected chi connectivity index (χ2v) is 6.45. The van der Waals surface area contributed by atoms with Gasteiger partial charge in [0.25, 0.3) is 11.8 Å². The third-order valence-corrected chi connectivity index (χ3v) is 4.91. The second kappa shape index (κ2) is 5.45. The van der Waals surface area contributed by atoms with E-state index in [-0.39, 0.29) is 35.8 Å². The molecular weight excluding hydrogens is 322 g/mol. The Morgan fingerprint density at radius 1 is 1.08 bits per heavy atom. The van der Waals surface area contributed by atoms with Crippen molar-refractivity contribution in [1.82, 2.24) is 10.2 Å². The van der Waals surface area contributed by atoms with Gasteiger partial charge in [-0.15, -0.1) is 6.42 Å². The van der Waals surface area contributed by atoms with Gasteiger partial charge in [0.2, 0.25) is 11.8 Å². The SMILES string of the molecule is C#CC1CN(c2ccc3c(c2)C(=O)N(C2CCC(=O)NC2=O)C3=O)C1. The van der Waals surface area contributed by atoms with Gasteiger partial charge in [-0.1, -0.05) is 5.92 Å². The van der Waals surface area contributed by atoms with Gasteiger partial charge in [0.1, 0.15) is 6.04 Å². The summed E-state index contributed by atoms with van der Waals surface area (Å²) in [6, 6.07) is 4.13. The molecule has 0 aromatic heterocycles. The fraction of sp³-hybridized carbons (Fsp3) is 0.333. The van der Waals surface area contributed by atoms with E-state index in [4.69, 9.17) is 6.42 Å². The third kappa shape index (κ3) is 2.30. The molecule has 7 nitrogen and oxygen atoms in total. The van der Waals surface area contributed by atoms with E-state index in [1.165, 1.54) is 0 Å². The molecule has 2 saturated heterocycles. The van der Waals surface area contributed by atoms with Crippen LogP contribution in [0.15, 0.2) is 18.2 Å². The minimum atomic E-state index is -0.941. The van der Waals surface area contributed by atoms with Gasteiger partial charge >= 0.3 is 0 Å². The Hall–Kier alpha value is -3.14. The van der Waals surface area contributed by atoms with Gasteiger partial charge in [-0.2, -0.15) is 0 Å². The summed E-state index contributed by atoms with van der Waals surface area (Å²) in [7, 11) is 0. The lowest BCUT2D eigenvalue weighted by Crippen LogP contribution is -2.54. The maximum atomic E-state index is 12.7. The van der Waals surface area contributed by atoms with E-state index in [0.29, 0.717) is 13.1 Å². The van der Waals surface area contributed by atoms with Crippen LogP contribution in [0.1, 0.15) is 33.6 Å². The van der Waals surface area contributed by atoms with Gasteiger partial charge in [0.15, 0.2) is 0 Å². The van der Waals surface area contributed by atoms with E-state index in [1.807, 2.05) is 4.90 Å². The number of piperidine rings is 1. The molecule has 1 N–H and O–H groups in total. The number of imide groups is 2. The summed E-state index contributed by atoms with van der Waals surface area (Å²) < 4.78 is 0. The lowest BCUT2D eigenvalue weighted by atomic mass is 9.99. The molecule has 1 aromatic rings. The quantitative estimate of drug-likeness (QED) is 0.613. The molecular formula is C18H15N3O4. The lowest BCUT2D eigenvalue weighted by Gasteiger charge is -2.38. The van der Waals surface area contributed by atoms with Crippen molar-refractivity contribution >= 4 is 29.3 Å². The van der Waals surface area contributed by atoms with Crippen LogP contribution in [-0.4, -0.2) is 47.7 Å². The minimum absolute atomic E-state index is 0.107. The molecule has 3 aliphatic heterocycles. The normalized spacial score (nSPS) is 23.2.